The van der Waals surface area contributed by atoms with Gasteiger partial charge in [-0.25, -0.2) is 4.98 Å². The molecule has 5 heteroatoms. The number of benzene rings is 1. The zero-order chi connectivity index (χ0) is 12.6. The molecule has 3 rings (SSSR count). The van der Waals surface area contributed by atoms with E-state index in [0.717, 1.165) is 23.9 Å². The normalized spacial score (nSPS) is 17.8. The Bertz CT molecular complexity index is 566. The molecule has 0 aliphatic carbocycles. The second-order valence-electron chi connectivity index (χ2n) is 4.93. The van der Waals surface area contributed by atoms with Crippen LogP contribution in [0.3, 0.4) is 0 Å². The van der Waals surface area contributed by atoms with Crippen LogP contribution in [0.2, 0.25) is 0 Å². The Balaban J connectivity index is 1.80. The molecule has 1 saturated heterocycles. The topological polar surface area (TPSA) is 62.1 Å². The summed E-state index contributed by atoms with van der Waals surface area (Å²) >= 11 is 0. The number of aromatic nitrogens is 3. The maximum Gasteiger partial charge on any atom is 0.246 e. The molecule has 1 aromatic carbocycles. The van der Waals surface area contributed by atoms with Crippen molar-refractivity contribution in [3.8, 4) is 0 Å². The van der Waals surface area contributed by atoms with Crippen molar-refractivity contribution < 1.29 is 5.11 Å². The Labute approximate surface area is 105 Å². The van der Waals surface area contributed by atoms with Gasteiger partial charge in [-0.2, -0.15) is 0 Å². The van der Waals surface area contributed by atoms with E-state index in [0.29, 0.717) is 19.0 Å². The highest BCUT2D eigenvalue weighted by Crippen LogP contribution is 2.28. The lowest BCUT2D eigenvalue weighted by Gasteiger charge is -2.46. The van der Waals surface area contributed by atoms with Crippen molar-refractivity contribution >= 4 is 17.0 Å². The van der Waals surface area contributed by atoms with Crippen molar-refractivity contribution in [2.24, 2.45) is 0 Å². The number of anilines is 1. The molecule has 0 saturated carbocycles. The monoisotopic (exact) mass is 244 g/mol. The maximum atomic E-state index is 10.1. The van der Waals surface area contributed by atoms with Gasteiger partial charge in [0.15, 0.2) is 0 Å². The summed E-state index contributed by atoms with van der Waals surface area (Å²) in [5, 5.41) is 18.4. The van der Waals surface area contributed by atoms with Gasteiger partial charge in [-0.3, -0.25) is 0 Å². The lowest BCUT2D eigenvalue weighted by Crippen LogP contribution is -2.62. The van der Waals surface area contributed by atoms with Gasteiger partial charge in [0.05, 0.1) is 24.2 Å². The number of hydrogen-bond acceptors (Lipinski definition) is 5. The Hall–Kier alpha value is -1.75. The van der Waals surface area contributed by atoms with Crippen molar-refractivity contribution in [1.82, 2.24) is 15.2 Å². The first-order valence-electron chi connectivity index (χ1n) is 6.27. The van der Waals surface area contributed by atoms with E-state index < -0.39 is 5.60 Å². The van der Waals surface area contributed by atoms with Crippen LogP contribution in [0.25, 0.3) is 11.0 Å². The van der Waals surface area contributed by atoms with Crippen LogP contribution in [0.5, 0.6) is 0 Å². The van der Waals surface area contributed by atoms with Gasteiger partial charge in [0.25, 0.3) is 0 Å². The number of nitrogens with zero attached hydrogens (tertiary/aromatic N) is 4. The Morgan fingerprint density at radius 1 is 1.22 bits per heavy atom. The van der Waals surface area contributed by atoms with E-state index >= 15 is 0 Å². The van der Waals surface area contributed by atoms with Gasteiger partial charge < -0.3 is 10.0 Å². The van der Waals surface area contributed by atoms with Crippen molar-refractivity contribution in [1.29, 1.82) is 0 Å². The van der Waals surface area contributed by atoms with E-state index in [2.05, 4.69) is 22.1 Å². The minimum Gasteiger partial charge on any atom is -0.386 e. The summed E-state index contributed by atoms with van der Waals surface area (Å²) < 4.78 is 0. The third kappa shape index (κ3) is 1.90. The fourth-order valence-corrected chi connectivity index (χ4v) is 2.44. The molecule has 1 N–H and O–H groups in total. The fourth-order valence-electron chi connectivity index (χ4n) is 2.44. The van der Waals surface area contributed by atoms with Gasteiger partial charge in [0.1, 0.15) is 5.52 Å². The molecule has 1 aromatic heterocycles. The third-order valence-corrected chi connectivity index (χ3v) is 3.32. The second-order valence-corrected chi connectivity index (χ2v) is 4.93. The predicted molar refractivity (Wildman–Crippen MR) is 69.4 cm³/mol. The minimum absolute atomic E-state index is 0.566. The first kappa shape index (κ1) is 11.3. The van der Waals surface area contributed by atoms with Gasteiger partial charge >= 0.3 is 0 Å². The summed E-state index contributed by atoms with van der Waals surface area (Å²) in [5.74, 6) is 0.606. The maximum absolute atomic E-state index is 10.1. The molecular formula is C13H16N4O. The molecule has 94 valence electrons. The second kappa shape index (κ2) is 4.17. The SMILES string of the molecule is CCCC1(O)CN(c2nnc3ccccc3n2)C1. The molecule has 18 heavy (non-hydrogen) atoms. The van der Waals surface area contributed by atoms with Gasteiger partial charge in [-0.15, -0.1) is 10.2 Å². The fraction of sp³-hybridized carbons (Fsp3) is 0.462. The Morgan fingerprint density at radius 3 is 2.67 bits per heavy atom. The molecule has 1 aliphatic rings. The lowest BCUT2D eigenvalue weighted by molar-refractivity contribution is 0.00240. The van der Waals surface area contributed by atoms with Crippen LogP contribution in [0.15, 0.2) is 24.3 Å². The largest absolute Gasteiger partial charge is 0.386 e. The zero-order valence-electron chi connectivity index (χ0n) is 10.4. The molecule has 1 aliphatic heterocycles. The van der Waals surface area contributed by atoms with Gasteiger partial charge in [-0.05, 0) is 18.6 Å². The Kier molecular flexibility index (Phi) is 2.63. The van der Waals surface area contributed by atoms with E-state index in [1.165, 1.54) is 0 Å². The zero-order valence-corrected chi connectivity index (χ0v) is 10.4. The molecule has 0 radical (unpaired) electrons. The summed E-state index contributed by atoms with van der Waals surface area (Å²) in [6, 6.07) is 7.67. The molecule has 1 fully saturated rings. The average Bonchev–Trinajstić information content (AvgIpc) is 2.35. The Morgan fingerprint density at radius 2 is 1.94 bits per heavy atom. The number of hydrogen-bond donors (Lipinski definition) is 1. The van der Waals surface area contributed by atoms with Crippen molar-refractivity contribution in [2.45, 2.75) is 25.4 Å². The summed E-state index contributed by atoms with van der Waals surface area (Å²) in [4.78, 5) is 6.43. The number of aliphatic hydroxyl groups is 1. The molecule has 2 aromatic rings. The van der Waals surface area contributed by atoms with Crippen LogP contribution in [0.4, 0.5) is 5.95 Å². The predicted octanol–water partition coefficient (Wildman–Crippen LogP) is 1.38. The van der Waals surface area contributed by atoms with Crippen LogP contribution in [-0.2, 0) is 0 Å². The summed E-state index contributed by atoms with van der Waals surface area (Å²) in [6.45, 7) is 3.27. The van der Waals surface area contributed by atoms with Crippen LogP contribution >= 0.6 is 0 Å². The van der Waals surface area contributed by atoms with Crippen LogP contribution in [0, 0.1) is 0 Å². The quantitative estimate of drug-likeness (QED) is 0.883. The third-order valence-electron chi connectivity index (χ3n) is 3.32. The van der Waals surface area contributed by atoms with Gasteiger partial charge in [-0.1, -0.05) is 25.5 Å². The van der Waals surface area contributed by atoms with Crippen LogP contribution in [0.1, 0.15) is 19.8 Å². The molecule has 0 bridgehead atoms. The van der Waals surface area contributed by atoms with Gasteiger partial charge in [0, 0.05) is 0 Å². The first-order valence-corrected chi connectivity index (χ1v) is 6.27. The number of para-hydroxylation sites is 1. The smallest absolute Gasteiger partial charge is 0.246 e. The average molecular weight is 244 g/mol. The van der Waals surface area contributed by atoms with Gasteiger partial charge in [0.2, 0.25) is 5.95 Å². The minimum atomic E-state index is -0.566. The highest BCUT2D eigenvalue weighted by molar-refractivity contribution is 5.74. The molecule has 0 amide bonds. The number of fused-ring (bicyclic) bond motifs is 1. The van der Waals surface area contributed by atoms with E-state index in [4.69, 9.17) is 0 Å². The van der Waals surface area contributed by atoms with Crippen LogP contribution in [-0.4, -0.2) is 39.0 Å². The summed E-state index contributed by atoms with van der Waals surface area (Å²) in [6.07, 6.45) is 1.81. The van der Waals surface area contributed by atoms with E-state index in [1.807, 2.05) is 29.2 Å². The van der Waals surface area contributed by atoms with Crippen molar-refractivity contribution in [2.75, 3.05) is 18.0 Å². The highest BCUT2D eigenvalue weighted by Gasteiger charge is 2.41. The van der Waals surface area contributed by atoms with Crippen molar-refractivity contribution in [3.05, 3.63) is 24.3 Å². The number of rotatable bonds is 3. The number of β-amino-alcohol motifs (C(OH)–C–C–N with tert-alkyl or cyclic N) is 1. The summed E-state index contributed by atoms with van der Waals surface area (Å²) in [7, 11) is 0. The molecule has 0 atom stereocenters. The van der Waals surface area contributed by atoms with E-state index in [-0.39, 0.29) is 0 Å². The lowest BCUT2D eigenvalue weighted by atomic mass is 9.90. The van der Waals surface area contributed by atoms with E-state index in [1.54, 1.807) is 0 Å². The first-order chi connectivity index (χ1) is 8.70. The molecular weight excluding hydrogens is 228 g/mol. The summed E-state index contributed by atoms with van der Waals surface area (Å²) in [5.41, 5.74) is 1.07. The molecule has 2 heterocycles. The van der Waals surface area contributed by atoms with Crippen molar-refractivity contribution in [3.63, 3.8) is 0 Å². The molecule has 0 unspecified atom stereocenters. The standard InChI is InChI=1S/C13H16N4O/c1-2-7-13(18)8-17(9-13)12-14-10-5-3-4-6-11(10)15-16-12/h3-6,18H,2,7-9H2,1H3. The van der Waals surface area contributed by atoms with E-state index in [9.17, 15) is 5.11 Å². The molecule has 0 spiro atoms. The molecule has 5 nitrogen and oxygen atoms in total. The highest BCUT2D eigenvalue weighted by atomic mass is 16.3. The van der Waals surface area contributed by atoms with Crippen LogP contribution < -0.4 is 4.90 Å².